The van der Waals surface area contributed by atoms with Crippen LogP contribution in [0.25, 0.3) is 11.3 Å². The first-order chi connectivity index (χ1) is 14.5. The first-order valence-electron chi connectivity index (χ1n) is 9.33. The van der Waals surface area contributed by atoms with Crippen LogP contribution in [0.1, 0.15) is 34.8 Å². The fraction of sp³-hybridized carbons (Fsp3) is 0.182. The van der Waals surface area contributed by atoms with Crippen LogP contribution in [0, 0.1) is 0 Å². The summed E-state index contributed by atoms with van der Waals surface area (Å²) in [7, 11) is 0. The fourth-order valence-corrected chi connectivity index (χ4v) is 4.38. The van der Waals surface area contributed by atoms with Crippen molar-refractivity contribution in [2.75, 3.05) is 0 Å². The maximum atomic E-state index is 13.4. The lowest BCUT2D eigenvalue weighted by atomic mass is 10.0. The van der Waals surface area contributed by atoms with Crippen LogP contribution in [0.2, 0.25) is 10.0 Å². The number of hydrogen-bond acceptors (Lipinski definition) is 4. The van der Waals surface area contributed by atoms with Crippen molar-refractivity contribution in [2.24, 2.45) is 0 Å². The van der Waals surface area contributed by atoms with Crippen molar-refractivity contribution in [3.05, 3.63) is 82.2 Å². The van der Waals surface area contributed by atoms with Crippen LogP contribution in [-0.2, 0) is 4.79 Å². The zero-order chi connectivity index (χ0) is 21.3. The average molecular weight is 442 g/mol. The predicted octanol–water partition coefficient (Wildman–Crippen LogP) is 4.88. The van der Waals surface area contributed by atoms with Gasteiger partial charge in [-0.25, -0.2) is 14.8 Å². The van der Waals surface area contributed by atoms with Gasteiger partial charge in [0.15, 0.2) is 0 Å². The highest BCUT2D eigenvalue weighted by atomic mass is 35.5. The third kappa shape index (κ3) is 3.76. The van der Waals surface area contributed by atoms with Gasteiger partial charge in [-0.2, -0.15) is 0 Å². The van der Waals surface area contributed by atoms with Crippen molar-refractivity contribution in [1.29, 1.82) is 0 Å². The highest BCUT2D eigenvalue weighted by molar-refractivity contribution is 6.33. The summed E-state index contributed by atoms with van der Waals surface area (Å²) < 4.78 is 0. The minimum Gasteiger partial charge on any atom is -0.480 e. The molecule has 4 rings (SSSR count). The SMILES string of the molecule is O=C(O)C1CCC(c2ccccc2Cl)N1C(=O)c1ccc(-c2ccncn2)c(Cl)c1. The van der Waals surface area contributed by atoms with Crippen LogP contribution >= 0.6 is 23.2 Å². The molecule has 152 valence electrons. The highest BCUT2D eigenvalue weighted by Gasteiger charge is 2.42. The molecule has 8 heteroatoms. The number of amides is 1. The number of aliphatic carboxylic acids is 1. The van der Waals surface area contributed by atoms with E-state index in [0.29, 0.717) is 39.7 Å². The Balaban J connectivity index is 1.71. The average Bonchev–Trinajstić information content (AvgIpc) is 3.19. The normalized spacial score (nSPS) is 18.4. The zero-order valence-electron chi connectivity index (χ0n) is 15.7. The molecule has 1 aliphatic heterocycles. The molecular formula is C22H17Cl2N3O3. The van der Waals surface area contributed by atoms with Gasteiger partial charge >= 0.3 is 5.97 Å². The number of likely N-dealkylation sites (tertiary alicyclic amines) is 1. The molecule has 1 aliphatic rings. The standard InChI is InChI=1S/C22H17Cl2N3O3/c23-16-4-2-1-3-15(16)19-7-8-20(22(29)30)27(19)21(28)13-5-6-14(17(24)11-13)18-9-10-25-12-26-18/h1-6,9-12,19-20H,7-8H2,(H,29,30). The molecule has 0 saturated carbocycles. The quantitative estimate of drug-likeness (QED) is 0.623. The molecule has 2 aromatic carbocycles. The van der Waals surface area contributed by atoms with Crippen LogP contribution < -0.4 is 0 Å². The van der Waals surface area contributed by atoms with Gasteiger partial charge in [0, 0.05) is 22.3 Å². The number of rotatable bonds is 4. The fourth-order valence-electron chi connectivity index (χ4n) is 3.84. The van der Waals surface area contributed by atoms with Crippen molar-refractivity contribution in [3.8, 4) is 11.3 Å². The molecule has 1 aromatic heterocycles. The van der Waals surface area contributed by atoms with E-state index < -0.39 is 24.0 Å². The van der Waals surface area contributed by atoms with Crippen LogP contribution in [0.5, 0.6) is 0 Å². The molecule has 1 fully saturated rings. The number of carboxylic acids is 1. The van der Waals surface area contributed by atoms with Gasteiger partial charge in [-0.3, -0.25) is 4.79 Å². The monoisotopic (exact) mass is 441 g/mol. The van der Waals surface area contributed by atoms with Crippen LogP contribution in [-0.4, -0.2) is 37.9 Å². The van der Waals surface area contributed by atoms with E-state index in [9.17, 15) is 14.7 Å². The summed E-state index contributed by atoms with van der Waals surface area (Å²) >= 11 is 12.8. The maximum absolute atomic E-state index is 13.4. The number of benzene rings is 2. The largest absolute Gasteiger partial charge is 0.480 e. The Morgan fingerprint density at radius 1 is 1.03 bits per heavy atom. The number of carboxylic acid groups (broad SMARTS) is 1. The molecule has 0 aliphatic carbocycles. The molecule has 2 unspecified atom stereocenters. The van der Waals surface area contributed by atoms with E-state index in [2.05, 4.69) is 9.97 Å². The summed E-state index contributed by atoms with van der Waals surface area (Å²) in [5.74, 6) is -1.44. The molecular weight excluding hydrogens is 425 g/mol. The predicted molar refractivity (Wildman–Crippen MR) is 113 cm³/mol. The molecule has 30 heavy (non-hydrogen) atoms. The molecule has 0 radical (unpaired) electrons. The van der Waals surface area contributed by atoms with E-state index >= 15 is 0 Å². The molecule has 3 aromatic rings. The van der Waals surface area contributed by atoms with Crippen molar-refractivity contribution < 1.29 is 14.7 Å². The minimum absolute atomic E-state index is 0.308. The first kappa shape index (κ1) is 20.3. The van der Waals surface area contributed by atoms with Gasteiger partial charge in [-0.05, 0) is 42.7 Å². The van der Waals surface area contributed by atoms with Gasteiger partial charge in [0.2, 0.25) is 0 Å². The summed E-state index contributed by atoms with van der Waals surface area (Å²) in [6.07, 6.45) is 3.89. The number of halogens is 2. The smallest absolute Gasteiger partial charge is 0.326 e. The van der Waals surface area contributed by atoms with Gasteiger partial charge < -0.3 is 10.0 Å². The van der Waals surface area contributed by atoms with Crippen molar-refractivity contribution in [2.45, 2.75) is 24.9 Å². The Kier molecular flexibility index (Phi) is 5.70. The molecule has 1 saturated heterocycles. The second-order valence-electron chi connectivity index (χ2n) is 6.97. The van der Waals surface area contributed by atoms with Gasteiger partial charge in [0.25, 0.3) is 5.91 Å². The van der Waals surface area contributed by atoms with E-state index in [4.69, 9.17) is 23.2 Å². The first-order valence-corrected chi connectivity index (χ1v) is 10.1. The van der Waals surface area contributed by atoms with Crippen molar-refractivity contribution >= 4 is 35.1 Å². The summed E-state index contributed by atoms with van der Waals surface area (Å²) in [6.45, 7) is 0. The Bertz CT molecular complexity index is 1110. The molecule has 0 bridgehead atoms. The van der Waals surface area contributed by atoms with Crippen molar-refractivity contribution in [1.82, 2.24) is 14.9 Å². The Morgan fingerprint density at radius 3 is 2.50 bits per heavy atom. The van der Waals surface area contributed by atoms with Gasteiger partial charge in [-0.15, -0.1) is 0 Å². The van der Waals surface area contributed by atoms with E-state index in [1.165, 1.54) is 11.2 Å². The van der Waals surface area contributed by atoms with Gasteiger partial charge in [0.1, 0.15) is 12.4 Å². The lowest BCUT2D eigenvalue weighted by Crippen LogP contribution is -2.41. The number of hydrogen-bond donors (Lipinski definition) is 1. The zero-order valence-corrected chi connectivity index (χ0v) is 17.2. The number of aromatic nitrogens is 2. The van der Waals surface area contributed by atoms with Crippen LogP contribution in [0.3, 0.4) is 0 Å². The third-order valence-electron chi connectivity index (χ3n) is 5.24. The second-order valence-corrected chi connectivity index (χ2v) is 7.78. The Hall–Kier alpha value is -2.96. The number of carbonyl (C=O) groups is 2. The Labute approximate surface area is 183 Å². The Morgan fingerprint density at radius 2 is 1.83 bits per heavy atom. The van der Waals surface area contributed by atoms with E-state index in [-0.39, 0.29) is 0 Å². The minimum atomic E-state index is -1.04. The lowest BCUT2D eigenvalue weighted by molar-refractivity contribution is -0.141. The summed E-state index contributed by atoms with van der Waals surface area (Å²) in [5, 5.41) is 10.5. The third-order valence-corrected chi connectivity index (χ3v) is 5.90. The molecule has 2 heterocycles. The van der Waals surface area contributed by atoms with Gasteiger partial charge in [0.05, 0.1) is 16.8 Å². The summed E-state index contributed by atoms with van der Waals surface area (Å²) in [6, 6.07) is 12.4. The molecule has 6 nitrogen and oxygen atoms in total. The van der Waals surface area contributed by atoms with Crippen molar-refractivity contribution in [3.63, 3.8) is 0 Å². The molecule has 1 amide bonds. The highest BCUT2D eigenvalue weighted by Crippen LogP contribution is 2.40. The van der Waals surface area contributed by atoms with Crippen LogP contribution in [0.15, 0.2) is 61.1 Å². The number of nitrogens with zero attached hydrogens (tertiary/aromatic N) is 3. The van der Waals surface area contributed by atoms with E-state index in [1.807, 2.05) is 12.1 Å². The maximum Gasteiger partial charge on any atom is 0.326 e. The molecule has 0 spiro atoms. The second kappa shape index (κ2) is 8.42. The molecule has 1 N–H and O–H groups in total. The van der Waals surface area contributed by atoms with E-state index in [1.54, 1.807) is 42.6 Å². The lowest BCUT2D eigenvalue weighted by Gasteiger charge is -2.29. The van der Waals surface area contributed by atoms with E-state index in [0.717, 1.165) is 5.56 Å². The number of carbonyl (C=O) groups excluding carboxylic acids is 1. The summed E-state index contributed by atoms with van der Waals surface area (Å²) in [4.78, 5) is 34.7. The molecule has 2 atom stereocenters. The van der Waals surface area contributed by atoms with Crippen LogP contribution in [0.4, 0.5) is 0 Å². The summed E-state index contributed by atoms with van der Waals surface area (Å²) in [5.41, 5.74) is 2.34. The topological polar surface area (TPSA) is 83.4 Å². The van der Waals surface area contributed by atoms with Gasteiger partial charge in [-0.1, -0.05) is 47.5 Å².